The number of amides is 2. The quantitative estimate of drug-likeness (QED) is 0.588. The van der Waals surface area contributed by atoms with Crippen molar-refractivity contribution in [3.8, 4) is 0 Å². The van der Waals surface area contributed by atoms with Crippen LogP contribution in [0.2, 0.25) is 0 Å². The molecule has 8 nitrogen and oxygen atoms in total. The lowest BCUT2D eigenvalue weighted by Crippen LogP contribution is -2.42. The molecule has 2 rings (SSSR count). The van der Waals surface area contributed by atoms with Crippen LogP contribution >= 0.6 is 11.3 Å². The third-order valence-corrected chi connectivity index (χ3v) is 3.54. The van der Waals surface area contributed by atoms with Gasteiger partial charge in [-0.2, -0.15) is 0 Å². The maximum atomic E-state index is 11.4. The van der Waals surface area contributed by atoms with Crippen molar-refractivity contribution in [1.82, 2.24) is 15.8 Å². The Morgan fingerprint density at radius 1 is 1.17 bits per heavy atom. The van der Waals surface area contributed by atoms with Crippen molar-refractivity contribution in [3.05, 3.63) is 29.3 Å². The molecule has 2 amide bonds. The van der Waals surface area contributed by atoms with Gasteiger partial charge in [-0.05, 0) is 12.1 Å². The van der Waals surface area contributed by atoms with Crippen molar-refractivity contribution in [2.75, 3.05) is 13.2 Å². The molecule has 0 saturated heterocycles. The fraction of sp³-hybridized carbons (Fsp3) is 0.286. The van der Waals surface area contributed by atoms with E-state index in [1.807, 2.05) is 24.3 Å². The van der Waals surface area contributed by atoms with Crippen molar-refractivity contribution < 1.29 is 23.9 Å². The van der Waals surface area contributed by atoms with Crippen LogP contribution in [0, 0.1) is 0 Å². The van der Waals surface area contributed by atoms with E-state index in [2.05, 4.69) is 20.6 Å². The molecule has 0 spiro atoms. The van der Waals surface area contributed by atoms with Crippen molar-refractivity contribution in [3.63, 3.8) is 0 Å². The molecule has 0 unspecified atom stereocenters. The summed E-state index contributed by atoms with van der Waals surface area (Å²) in [6.45, 7) is 0.641. The van der Waals surface area contributed by atoms with Crippen LogP contribution < -0.4 is 10.9 Å². The minimum absolute atomic E-state index is 0.187. The number of rotatable bonds is 6. The Balaban J connectivity index is 1.66. The van der Waals surface area contributed by atoms with Crippen molar-refractivity contribution in [1.29, 1.82) is 0 Å². The fourth-order valence-electron chi connectivity index (χ4n) is 1.58. The Morgan fingerprint density at radius 3 is 2.70 bits per heavy atom. The predicted molar refractivity (Wildman–Crippen MR) is 82.2 cm³/mol. The molecule has 0 aliphatic carbocycles. The Labute approximate surface area is 135 Å². The minimum Gasteiger partial charge on any atom is -0.454 e. The molecule has 9 heteroatoms. The SMILES string of the molecule is CC(=O)NNC(=O)COC(=O)COCc1nc2ccccc2s1. The number of fused-ring (bicyclic) bond motifs is 1. The van der Waals surface area contributed by atoms with Crippen LogP contribution in [-0.4, -0.2) is 36.0 Å². The first kappa shape index (κ1) is 16.8. The van der Waals surface area contributed by atoms with E-state index in [0.717, 1.165) is 15.2 Å². The van der Waals surface area contributed by atoms with E-state index in [0.29, 0.717) is 0 Å². The highest BCUT2D eigenvalue weighted by molar-refractivity contribution is 7.18. The zero-order valence-electron chi connectivity index (χ0n) is 12.3. The van der Waals surface area contributed by atoms with Gasteiger partial charge in [-0.3, -0.25) is 20.4 Å². The van der Waals surface area contributed by atoms with Gasteiger partial charge in [0.25, 0.3) is 5.91 Å². The number of hydrazine groups is 1. The lowest BCUT2D eigenvalue weighted by molar-refractivity contribution is -0.153. The van der Waals surface area contributed by atoms with Crippen LogP contribution in [0.3, 0.4) is 0 Å². The maximum Gasteiger partial charge on any atom is 0.332 e. The minimum atomic E-state index is -0.677. The van der Waals surface area contributed by atoms with Gasteiger partial charge in [0.2, 0.25) is 5.91 Å². The number of para-hydroxylation sites is 1. The molecule has 0 radical (unpaired) electrons. The van der Waals surface area contributed by atoms with Crippen molar-refractivity contribution in [2.45, 2.75) is 13.5 Å². The first-order chi connectivity index (χ1) is 11.0. The molecule has 1 heterocycles. The van der Waals surface area contributed by atoms with Gasteiger partial charge in [-0.15, -0.1) is 11.3 Å². The number of nitrogens with zero attached hydrogens (tertiary/aromatic N) is 1. The molecule has 122 valence electrons. The van der Waals surface area contributed by atoms with E-state index in [9.17, 15) is 14.4 Å². The summed E-state index contributed by atoms with van der Waals surface area (Å²) in [6, 6.07) is 7.68. The average molecular weight is 337 g/mol. The molecule has 1 aromatic heterocycles. The summed E-state index contributed by atoms with van der Waals surface area (Å²) < 4.78 is 10.9. The second-order valence-electron chi connectivity index (χ2n) is 4.46. The number of hydrogen-bond acceptors (Lipinski definition) is 7. The highest BCUT2D eigenvalue weighted by Gasteiger charge is 2.09. The molecule has 0 atom stereocenters. The molecular formula is C14H15N3O5S. The molecule has 2 aromatic rings. The Hall–Kier alpha value is -2.52. The number of aromatic nitrogens is 1. The van der Waals surface area contributed by atoms with Gasteiger partial charge < -0.3 is 9.47 Å². The summed E-state index contributed by atoms with van der Waals surface area (Å²) >= 11 is 1.48. The topological polar surface area (TPSA) is 107 Å². The van der Waals surface area contributed by atoms with E-state index < -0.39 is 24.4 Å². The summed E-state index contributed by atoms with van der Waals surface area (Å²) in [5.41, 5.74) is 5.03. The van der Waals surface area contributed by atoms with Crippen LogP contribution in [0.4, 0.5) is 0 Å². The standard InChI is InChI=1S/C14H15N3O5S/c1-9(18)16-17-12(19)6-22-14(20)8-21-7-13-15-10-4-2-3-5-11(10)23-13/h2-5H,6-8H2,1H3,(H,16,18)(H,17,19). The number of esters is 1. The van der Waals surface area contributed by atoms with E-state index >= 15 is 0 Å². The molecule has 1 aromatic carbocycles. The largest absolute Gasteiger partial charge is 0.454 e. The molecule has 0 aliphatic heterocycles. The second-order valence-corrected chi connectivity index (χ2v) is 5.57. The van der Waals surface area contributed by atoms with E-state index in [4.69, 9.17) is 4.74 Å². The predicted octanol–water partition coefficient (Wildman–Crippen LogP) is 0.523. The Kier molecular flexibility index (Phi) is 6.01. The lowest BCUT2D eigenvalue weighted by Gasteiger charge is -2.06. The number of carbonyl (C=O) groups excluding carboxylic acids is 3. The first-order valence-corrected chi connectivity index (χ1v) is 7.49. The summed E-state index contributed by atoms with van der Waals surface area (Å²) in [5, 5.41) is 0.752. The number of hydrogen-bond donors (Lipinski definition) is 2. The van der Waals surface area contributed by atoms with Crippen molar-refractivity contribution >= 4 is 39.3 Å². The van der Waals surface area contributed by atoms with Gasteiger partial charge >= 0.3 is 5.97 Å². The van der Waals surface area contributed by atoms with Crippen LogP contribution in [0.5, 0.6) is 0 Å². The van der Waals surface area contributed by atoms with E-state index in [1.54, 1.807) is 0 Å². The Bertz CT molecular complexity index is 682. The molecule has 0 aliphatic rings. The normalized spacial score (nSPS) is 10.3. The zero-order valence-corrected chi connectivity index (χ0v) is 13.1. The van der Waals surface area contributed by atoms with Crippen LogP contribution in [0.25, 0.3) is 10.2 Å². The first-order valence-electron chi connectivity index (χ1n) is 6.68. The molecule has 0 saturated carbocycles. The maximum absolute atomic E-state index is 11.4. The average Bonchev–Trinajstić information content (AvgIpc) is 2.93. The summed E-state index contributed by atoms with van der Waals surface area (Å²) in [4.78, 5) is 37.5. The van der Waals surface area contributed by atoms with E-state index in [1.165, 1.54) is 18.3 Å². The zero-order chi connectivity index (χ0) is 16.7. The number of thiazole rings is 1. The van der Waals surface area contributed by atoms with Gasteiger partial charge in [-0.25, -0.2) is 9.78 Å². The number of nitrogens with one attached hydrogen (secondary N) is 2. The number of benzene rings is 1. The van der Waals surface area contributed by atoms with Gasteiger partial charge in [-0.1, -0.05) is 12.1 Å². The number of carbonyl (C=O) groups is 3. The third kappa shape index (κ3) is 5.64. The third-order valence-electron chi connectivity index (χ3n) is 2.53. The van der Waals surface area contributed by atoms with Crippen LogP contribution in [0.1, 0.15) is 11.9 Å². The smallest absolute Gasteiger partial charge is 0.332 e. The monoisotopic (exact) mass is 337 g/mol. The highest BCUT2D eigenvalue weighted by atomic mass is 32.1. The van der Waals surface area contributed by atoms with Crippen LogP contribution in [-0.2, 0) is 30.5 Å². The molecular weight excluding hydrogens is 322 g/mol. The van der Waals surface area contributed by atoms with Crippen LogP contribution in [0.15, 0.2) is 24.3 Å². The molecule has 2 N–H and O–H groups in total. The molecule has 0 fully saturated rings. The summed E-state index contributed by atoms with van der Waals surface area (Å²) in [5.74, 6) is -1.74. The van der Waals surface area contributed by atoms with Gasteiger partial charge in [0.1, 0.15) is 11.6 Å². The second kappa shape index (κ2) is 8.20. The molecule has 23 heavy (non-hydrogen) atoms. The number of ether oxygens (including phenoxy) is 2. The molecule has 0 bridgehead atoms. The van der Waals surface area contributed by atoms with E-state index in [-0.39, 0.29) is 13.2 Å². The lowest BCUT2D eigenvalue weighted by atomic mass is 10.3. The summed E-state index contributed by atoms with van der Waals surface area (Å²) in [6.07, 6.45) is 0. The van der Waals surface area contributed by atoms with Gasteiger partial charge in [0, 0.05) is 6.92 Å². The van der Waals surface area contributed by atoms with Gasteiger partial charge in [0.05, 0.1) is 16.8 Å². The summed E-state index contributed by atoms with van der Waals surface area (Å²) in [7, 11) is 0. The van der Waals surface area contributed by atoms with Crippen molar-refractivity contribution in [2.24, 2.45) is 0 Å². The fourth-order valence-corrected chi connectivity index (χ4v) is 2.49. The van der Waals surface area contributed by atoms with Gasteiger partial charge in [0.15, 0.2) is 6.61 Å². The Morgan fingerprint density at radius 2 is 1.96 bits per heavy atom. The highest BCUT2D eigenvalue weighted by Crippen LogP contribution is 2.21.